The lowest BCUT2D eigenvalue weighted by Crippen LogP contribution is -2.48. The second-order valence-electron chi connectivity index (χ2n) is 4.24. The molecular weight excluding hydrogens is 248 g/mol. The minimum atomic E-state index is -0.882. The lowest BCUT2D eigenvalue weighted by molar-refractivity contribution is 0.0958. The molecule has 1 saturated heterocycles. The van der Waals surface area contributed by atoms with Crippen LogP contribution >= 0.6 is 0 Å². The zero-order valence-electron chi connectivity index (χ0n) is 10.7. The summed E-state index contributed by atoms with van der Waals surface area (Å²) in [6.45, 7) is 2.22. The monoisotopic (exact) mass is 264 g/mol. The maximum Gasteiger partial charge on any atom is 0.407 e. The summed E-state index contributed by atoms with van der Waals surface area (Å²) in [5, 5.41) is 11.4. The van der Waals surface area contributed by atoms with E-state index in [2.05, 4.69) is 15.2 Å². The predicted molar refractivity (Wildman–Crippen MR) is 69.4 cm³/mol. The Morgan fingerprint density at radius 2 is 1.95 bits per heavy atom. The SMILES string of the molecule is CNC(=O)c1ccc(N2CCN(C(=O)O)CC2)cn1. The first-order valence-electron chi connectivity index (χ1n) is 6.03. The Hall–Kier alpha value is -2.31. The van der Waals surface area contributed by atoms with E-state index >= 15 is 0 Å². The van der Waals surface area contributed by atoms with Gasteiger partial charge in [0.1, 0.15) is 5.69 Å². The van der Waals surface area contributed by atoms with Gasteiger partial charge in [0.25, 0.3) is 5.91 Å². The van der Waals surface area contributed by atoms with Crippen LogP contribution < -0.4 is 10.2 Å². The van der Waals surface area contributed by atoms with Crippen molar-refractivity contribution in [3.05, 3.63) is 24.0 Å². The van der Waals surface area contributed by atoms with E-state index in [1.165, 1.54) is 4.90 Å². The van der Waals surface area contributed by atoms with Crippen LogP contribution in [0.2, 0.25) is 0 Å². The van der Waals surface area contributed by atoms with Crippen LogP contribution in [0.25, 0.3) is 0 Å². The summed E-state index contributed by atoms with van der Waals surface area (Å²) in [4.78, 5) is 29.7. The van der Waals surface area contributed by atoms with Gasteiger partial charge < -0.3 is 20.2 Å². The second-order valence-corrected chi connectivity index (χ2v) is 4.24. The Morgan fingerprint density at radius 1 is 1.26 bits per heavy atom. The first-order chi connectivity index (χ1) is 9.11. The van der Waals surface area contributed by atoms with Crippen molar-refractivity contribution < 1.29 is 14.7 Å². The van der Waals surface area contributed by atoms with E-state index in [1.807, 2.05) is 6.07 Å². The molecule has 1 aliphatic heterocycles. The number of piperazine rings is 1. The van der Waals surface area contributed by atoms with Crippen LogP contribution in [0.3, 0.4) is 0 Å². The molecule has 1 aliphatic rings. The molecule has 2 rings (SSSR count). The minimum Gasteiger partial charge on any atom is -0.465 e. The van der Waals surface area contributed by atoms with Gasteiger partial charge in [-0.1, -0.05) is 0 Å². The molecule has 0 spiro atoms. The summed E-state index contributed by atoms with van der Waals surface area (Å²) >= 11 is 0. The Kier molecular flexibility index (Phi) is 3.84. The third kappa shape index (κ3) is 2.93. The summed E-state index contributed by atoms with van der Waals surface area (Å²) in [5.74, 6) is -0.220. The molecule has 2 amide bonds. The molecule has 0 aromatic carbocycles. The van der Waals surface area contributed by atoms with Crippen LogP contribution in [0.4, 0.5) is 10.5 Å². The van der Waals surface area contributed by atoms with Gasteiger partial charge in [-0.15, -0.1) is 0 Å². The van der Waals surface area contributed by atoms with E-state index in [-0.39, 0.29) is 5.91 Å². The number of pyridine rings is 1. The highest BCUT2D eigenvalue weighted by atomic mass is 16.4. The number of amides is 2. The van der Waals surface area contributed by atoms with Gasteiger partial charge in [-0.25, -0.2) is 9.78 Å². The Labute approximate surface area is 110 Å². The summed E-state index contributed by atoms with van der Waals surface area (Å²) < 4.78 is 0. The molecule has 0 radical (unpaired) electrons. The van der Waals surface area contributed by atoms with Crippen molar-refractivity contribution in [1.29, 1.82) is 0 Å². The maximum absolute atomic E-state index is 11.4. The molecule has 1 fully saturated rings. The number of carboxylic acid groups (broad SMARTS) is 1. The molecule has 0 aliphatic carbocycles. The number of nitrogens with one attached hydrogen (secondary N) is 1. The Bertz CT molecular complexity index is 466. The molecule has 0 saturated carbocycles. The van der Waals surface area contributed by atoms with Crippen LogP contribution in [-0.4, -0.2) is 60.2 Å². The van der Waals surface area contributed by atoms with E-state index < -0.39 is 6.09 Å². The fourth-order valence-electron chi connectivity index (χ4n) is 1.99. The van der Waals surface area contributed by atoms with E-state index in [9.17, 15) is 9.59 Å². The molecule has 2 N–H and O–H groups in total. The molecule has 1 aromatic heterocycles. The van der Waals surface area contributed by atoms with Crippen LogP contribution in [0.15, 0.2) is 18.3 Å². The number of rotatable bonds is 2. The van der Waals surface area contributed by atoms with Gasteiger partial charge in [0.2, 0.25) is 0 Å². The van der Waals surface area contributed by atoms with Gasteiger partial charge in [-0.2, -0.15) is 0 Å². The van der Waals surface area contributed by atoms with Gasteiger partial charge >= 0.3 is 6.09 Å². The molecule has 7 heteroatoms. The van der Waals surface area contributed by atoms with Crippen molar-refractivity contribution in [3.63, 3.8) is 0 Å². The molecule has 19 heavy (non-hydrogen) atoms. The van der Waals surface area contributed by atoms with Gasteiger partial charge in [0.05, 0.1) is 11.9 Å². The largest absolute Gasteiger partial charge is 0.465 e. The fourth-order valence-corrected chi connectivity index (χ4v) is 1.99. The van der Waals surface area contributed by atoms with E-state index in [0.717, 1.165) is 5.69 Å². The molecule has 102 valence electrons. The number of anilines is 1. The number of carbonyl (C=O) groups excluding carboxylic acids is 1. The number of carbonyl (C=O) groups is 2. The van der Waals surface area contributed by atoms with Crippen molar-refractivity contribution in [2.75, 3.05) is 38.1 Å². The second kappa shape index (κ2) is 5.55. The molecular formula is C12H16N4O3. The van der Waals surface area contributed by atoms with Crippen molar-refractivity contribution in [2.45, 2.75) is 0 Å². The summed E-state index contributed by atoms with van der Waals surface area (Å²) in [7, 11) is 1.56. The molecule has 0 unspecified atom stereocenters. The lowest BCUT2D eigenvalue weighted by Gasteiger charge is -2.34. The van der Waals surface area contributed by atoms with Gasteiger partial charge in [0.15, 0.2) is 0 Å². The number of nitrogens with zero attached hydrogens (tertiary/aromatic N) is 3. The average molecular weight is 264 g/mol. The number of aromatic nitrogens is 1. The number of hydrogen-bond acceptors (Lipinski definition) is 4. The highest BCUT2D eigenvalue weighted by Crippen LogP contribution is 2.15. The zero-order valence-corrected chi connectivity index (χ0v) is 10.7. The van der Waals surface area contributed by atoms with Crippen LogP contribution in [0, 0.1) is 0 Å². The Balaban J connectivity index is 2.00. The van der Waals surface area contributed by atoms with Crippen molar-refractivity contribution in [3.8, 4) is 0 Å². The highest BCUT2D eigenvalue weighted by molar-refractivity contribution is 5.92. The quantitative estimate of drug-likeness (QED) is 0.799. The number of hydrogen-bond donors (Lipinski definition) is 2. The minimum absolute atomic E-state index is 0.220. The molecule has 0 atom stereocenters. The van der Waals surface area contributed by atoms with Gasteiger partial charge in [0, 0.05) is 33.2 Å². The average Bonchev–Trinajstić information content (AvgIpc) is 2.46. The van der Waals surface area contributed by atoms with Crippen molar-refractivity contribution >= 4 is 17.7 Å². The van der Waals surface area contributed by atoms with Gasteiger partial charge in [-0.05, 0) is 12.1 Å². The third-order valence-corrected chi connectivity index (χ3v) is 3.12. The van der Waals surface area contributed by atoms with Crippen molar-refractivity contribution in [2.24, 2.45) is 0 Å². The van der Waals surface area contributed by atoms with E-state index in [4.69, 9.17) is 5.11 Å². The highest BCUT2D eigenvalue weighted by Gasteiger charge is 2.20. The zero-order chi connectivity index (χ0) is 13.8. The first kappa shape index (κ1) is 13.1. The first-order valence-corrected chi connectivity index (χ1v) is 6.03. The third-order valence-electron chi connectivity index (χ3n) is 3.12. The molecule has 7 nitrogen and oxygen atoms in total. The van der Waals surface area contributed by atoms with Gasteiger partial charge in [-0.3, -0.25) is 4.79 Å². The van der Waals surface area contributed by atoms with E-state index in [1.54, 1.807) is 19.3 Å². The maximum atomic E-state index is 11.4. The Morgan fingerprint density at radius 3 is 2.42 bits per heavy atom. The fraction of sp³-hybridized carbons (Fsp3) is 0.417. The van der Waals surface area contributed by atoms with Crippen LogP contribution in [0.5, 0.6) is 0 Å². The normalized spacial score (nSPS) is 15.2. The van der Waals surface area contributed by atoms with Crippen molar-refractivity contribution in [1.82, 2.24) is 15.2 Å². The lowest BCUT2D eigenvalue weighted by atomic mass is 10.2. The molecule has 2 heterocycles. The summed E-state index contributed by atoms with van der Waals surface area (Å²) in [6.07, 6.45) is 0.758. The predicted octanol–water partition coefficient (Wildman–Crippen LogP) is 0.241. The molecule has 1 aromatic rings. The summed E-state index contributed by atoms with van der Waals surface area (Å²) in [5.41, 5.74) is 1.27. The molecule has 0 bridgehead atoms. The smallest absolute Gasteiger partial charge is 0.407 e. The topological polar surface area (TPSA) is 85.8 Å². The van der Waals surface area contributed by atoms with Crippen LogP contribution in [-0.2, 0) is 0 Å². The van der Waals surface area contributed by atoms with Crippen LogP contribution in [0.1, 0.15) is 10.5 Å². The summed E-state index contributed by atoms with van der Waals surface area (Å²) in [6, 6.07) is 3.49. The standard InChI is InChI=1S/C12H16N4O3/c1-13-11(17)10-3-2-9(8-14-10)15-4-6-16(7-5-15)12(18)19/h2-3,8H,4-7H2,1H3,(H,13,17)(H,18,19). The van der Waals surface area contributed by atoms with E-state index in [0.29, 0.717) is 31.9 Å².